The lowest BCUT2D eigenvalue weighted by Crippen LogP contribution is -2.19. The number of aromatic nitrogens is 2. The lowest BCUT2D eigenvalue weighted by atomic mass is 10.3. The number of ether oxygens (including phenoxy) is 1. The van der Waals surface area contributed by atoms with E-state index >= 15 is 0 Å². The van der Waals surface area contributed by atoms with Crippen LogP contribution in [0.15, 0.2) is 6.07 Å². The highest BCUT2D eigenvalue weighted by Gasteiger charge is 2.05. The predicted octanol–water partition coefficient (Wildman–Crippen LogP) is 1.85. The maximum Gasteiger partial charge on any atom is 0.158 e. The Bertz CT molecular complexity index is 349. The van der Waals surface area contributed by atoms with Crippen LogP contribution >= 0.6 is 11.6 Å². The Morgan fingerprint density at radius 2 is 2.24 bits per heavy atom. The molecule has 1 unspecified atom stereocenters. The Morgan fingerprint density at radius 1 is 1.47 bits per heavy atom. The van der Waals surface area contributed by atoms with Crippen molar-refractivity contribution in [2.45, 2.75) is 33.0 Å². The van der Waals surface area contributed by atoms with Gasteiger partial charge in [-0.1, -0.05) is 18.5 Å². The van der Waals surface area contributed by atoms with Gasteiger partial charge in [0.05, 0.1) is 6.10 Å². The van der Waals surface area contributed by atoms with Gasteiger partial charge in [0, 0.05) is 19.2 Å². The SMILES string of the molecule is CCOCc1nc(Cl)cc(NCC(O)CC)n1. The molecule has 1 heterocycles. The molecule has 5 nitrogen and oxygen atoms in total. The molecule has 1 atom stereocenters. The van der Waals surface area contributed by atoms with E-state index in [4.69, 9.17) is 16.3 Å². The second kappa shape index (κ2) is 7.42. The summed E-state index contributed by atoms with van der Waals surface area (Å²) in [5.74, 6) is 1.14. The normalized spacial score (nSPS) is 12.5. The molecule has 1 aromatic heterocycles. The smallest absolute Gasteiger partial charge is 0.158 e. The number of nitrogens with zero attached hydrogens (tertiary/aromatic N) is 2. The van der Waals surface area contributed by atoms with Crippen LogP contribution in [0.3, 0.4) is 0 Å². The number of halogens is 1. The molecule has 0 aliphatic heterocycles. The molecule has 1 aromatic rings. The van der Waals surface area contributed by atoms with Crippen molar-refractivity contribution in [1.82, 2.24) is 9.97 Å². The summed E-state index contributed by atoms with van der Waals surface area (Å²) in [7, 11) is 0. The Balaban J connectivity index is 2.61. The molecule has 0 fully saturated rings. The average Bonchev–Trinajstić information content (AvgIpc) is 2.32. The molecular weight excluding hydrogens is 242 g/mol. The molecule has 0 bridgehead atoms. The second-order valence-corrected chi connectivity index (χ2v) is 3.96. The topological polar surface area (TPSA) is 67.3 Å². The van der Waals surface area contributed by atoms with Crippen LogP contribution in [0.1, 0.15) is 26.1 Å². The van der Waals surface area contributed by atoms with Gasteiger partial charge in [0.25, 0.3) is 0 Å². The van der Waals surface area contributed by atoms with E-state index in [9.17, 15) is 5.11 Å². The molecule has 0 radical (unpaired) electrons. The zero-order valence-corrected chi connectivity index (χ0v) is 10.9. The van der Waals surface area contributed by atoms with Crippen molar-refractivity contribution in [3.63, 3.8) is 0 Å². The van der Waals surface area contributed by atoms with E-state index in [0.29, 0.717) is 43.0 Å². The Hall–Kier alpha value is -0.910. The fourth-order valence-electron chi connectivity index (χ4n) is 1.18. The molecule has 96 valence electrons. The molecule has 0 amide bonds. The van der Waals surface area contributed by atoms with Crippen molar-refractivity contribution in [2.24, 2.45) is 0 Å². The zero-order chi connectivity index (χ0) is 12.7. The maximum atomic E-state index is 9.44. The van der Waals surface area contributed by atoms with Crippen LogP contribution in [0.25, 0.3) is 0 Å². The number of nitrogens with one attached hydrogen (secondary N) is 1. The first-order valence-corrected chi connectivity index (χ1v) is 6.06. The fraction of sp³-hybridized carbons (Fsp3) is 0.636. The highest BCUT2D eigenvalue weighted by atomic mass is 35.5. The van der Waals surface area contributed by atoms with Gasteiger partial charge in [-0.2, -0.15) is 0 Å². The van der Waals surface area contributed by atoms with Crippen molar-refractivity contribution in [3.8, 4) is 0 Å². The van der Waals surface area contributed by atoms with E-state index in [1.807, 2.05) is 13.8 Å². The number of rotatable bonds is 7. The van der Waals surface area contributed by atoms with E-state index in [-0.39, 0.29) is 6.10 Å². The summed E-state index contributed by atoms with van der Waals surface area (Å²) in [5.41, 5.74) is 0. The average molecular weight is 260 g/mol. The third kappa shape index (κ3) is 5.30. The molecule has 1 rings (SSSR count). The monoisotopic (exact) mass is 259 g/mol. The Morgan fingerprint density at radius 3 is 2.88 bits per heavy atom. The largest absolute Gasteiger partial charge is 0.391 e. The van der Waals surface area contributed by atoms with Gasteiger partial charge >= 0.3 is 0 Å². The first-order chi connectivity index (χ1) is 8.15. The lowest BCUT2D eigenvalue weighted by molar-refractivity contribution is 0.128. The van der Waals surface area contributed by atoms with Gasteiger partial charge in [-0.25, -0.2) is 9.97 Å². The summed E-state index contributed by atoms with van der Waals surface area (Å²) in [5, 5.41) is 12.8. The van der Waals surface area contributed by atoms with Gasteiger partial charge in [-0.15, -0.1) is 0 Å². The fourth-order valence-corrected chi connectivity index (χ4v) is 1.38. The standard InChI is InChI=1S/C11H18ClN3O2/c1-3-8(16)6-13-10-5-9(12)14-11(15-10)7-17-4-2/h5,8,16H,3-4,6-7H2,1-2H3,(H,13,14,15). The Kier molecular flexibility index (Phi) is 6.18. The van der Waals surface area contributed by atoms with Crippen molar-refractivity contribution >= 4 is 17.4 Å². The van der Waals surface area contributed by atoms with E-state index in [1.54, 1.807) is 6.07 Å². The number of hydrogen-bond acceptors (Lipinski definition) is 5. The minimum absolute atomic E-state index is 0.335. The molecule has 0 saturated carbocycles. The second-order valence-electron chi connectivity index (χ2n) is 3.57. The van der Waals surface area contributed by atoms with Gasteiger partial charge in [0.2, 0.25) is 0 Å². The third-order valence-corrected chi connectivity index (χ3v) is 2.36. The summed E-state index contributed by atoms with van der Waals surface area (Å²) < 4.78 is 5.22. The number of anilines is 1. The highest BCUT2D eigenvalue weighted by Crippen LogP contribution is 2.12. The molecule has 17 heavy (non-hydrogen) atoms. The van der Waals surface area contributed by atoms with Crippen LogP contribution in [0.4, 0.5) is 5.82 Å². The molecule has 0 aromatic carbocycles. The molecular formula is C11H18ClN3O2. The van der Waals surface area contributed by atoms with Crippen LogP contribution in [0.2, 0.25) is 5.15 Å². The summed E-state index contributed by atoms with van der Waals surface area (Å²) in [6, 6.07) is 1.62. The highest BCUT2D eigenvalue weighted by molar-refractivity contribution is 6.29. The third-order valence-electron chi connectivity index (χ3n) is 2.17. The van der Waals surface area contributed by atoms with Crippen molar-refractivity contribution < 1.29 is 9.84 Å². The van der Waals surface area contributed by atoms with Crippen LogP contribution in [-0.4, -0.2) is 34.3 Å². The van der Waals surface area contributed by atoms with E-state index < -0.39 is 0 Å². The van der Waals surface area contributed by atoms with Gasteiger partial charge in [-0.05, 0) is 13.3 Å². The molecule has 0 saturated heterocycles. The minimum Gasteiger partial charge on any atom is -0.391 e. The van der Waals surface area contributed by atoms with E-state index in [0.717, 1.165) is 0 Å². The summed E-state index contributed by atoms with van der Waals surface area (Å²) in [6.45, 7) is 5.20. The molecule has 2 N–H and O–H groups in total. The lowest BCUT2D eigenvalue weighted by Gasteiger charge is -2.11. The quantitative estimate of drug-likeness (QED) is 0.732. The van der Waals surface area contributed by atoms with Crippen molar-refractivity contribution in [1.29, 1.82) is 0 Å². The molecule has 0 aliphatic carbocycles. The molecule has 0 aliphatic rings. The summed E-state index contributed by atoms with van der Waals surface area (Å²) in [6.07, 6.45) is 0.302. The van der Waals surface area contributed by atoms with Crippen LogP contribution in [0.5, 0.6) is 0 Å². The predicted molar refractivity (Wildman–Crippen MR) is 67.2 cm³/mol. The summed E-state index contributed by atoms with van der Waals surface area (Å²) in [4.78, 5) is 8.28. The van der Waals surface area contributed by atoms with Crippen LogP contribution in [0, 0.1) is 0 Å². The molecule has 0 spiro atoms. The van der Waals surface area contributed by atoms with Crippen LogP contribution < -0.4 is 5.32 Å². The van der Waals surface area contributed by atoms with Gasteiger partial charge in [0.15, 0.2) is 5.82 Å². The number of aliphatic hydroxyl groups excluding tert-OH is 1. The number of hydrogen-bond donors (Lipinski definition) is 2. The van der Waals surface area contributed by atoms with Crippen LogP contribution in [-0.2, 0) is 11.3 Å². The minimum atomic E-state index is -0.390. The van der Waals surface area contributed by atoms with Gasteiger partial charge in [-0.3, -0.25) is 0 Å². The summed E-state index contributed by atoms with van der Waals surface area (Å²) >= 11 is 5.87. The van der Waals surface area contributed by atoms with Gasteiger partial charge < -0.3 is 15.2 Å². The Labute approximate surface area is 106 Å². The van der Waals surface area contributed by atoms with Gasteiger partial charge in [0.1, 0.15) is 17.6 Å². The van der Waals surface area contributed by atoms with Crippen molar-refractivity contribution in [3.05, 3.63) is 17.0 Å². The zero-order valence-electron chi connectivity index (χ0n) is 10.1. The van der Waals surface area contributed by atoms with E-state index in [2.05, 4.69) is 15.3 Å². The molecule has 6 heteroatoms. The first-order valence-electron chi connectivity index (χ1n) is 5.68. The number of aliphatic hydroxyl groups is 1. The maximum absolute atomic E-state index is 9.44. The van der Waals surface area contributed by atoms with Crippen molar-refractivity contribution in [2.75, 3.05) is 18.5 Å². The first kappa shape index (κ1) is 14.2. The van der Waals surface area contributed by atoms with E-state index in [1.165, 1.54) is 0 Å².